The second kappa shape index (κ2) is 6.16. The molecule has 2 heterocycles. The Morgan fingerprint density at radius 3 is 2.68 bits per heavy atom. The maximum absolute atomic E-state index is 14.1. The fraction of sp³-hybridized carbons (Fsp3) is 0.312. The average Bonchev–Trinajstić information content (AvgIpc) is 2.51. The van der Waals surface area contributed by atoms with Gasteiger partial charge in [-0.3, -0.25) is 4.98 Å². The van der Waals surface area contributed by atoms with Gasteiger partial charge in [0.2, 0.25) is 6.23 Å². The van der Waals surface area contributed by atoms with E-state index in [2.05, 4.69) is 9.72 Å². The van der Waals surface area contributed by atoms with Crippen LogP contribution in [0.15, 0.2) is 30.6 Å². The fourth-order valence-electron chi connectivity index (χ4n) is 2.70. The maximum Gasteiger partial charge on any atom is 0.444 e. The van der Waals surface area contributed by atoms with Gasteiger partial charge in [-0.25, -0.2) is 8.78 Å². The molecule has 134 valence electrons. The van der Waals surface area contributed by atoms with Crippen LogP contribution in [-0.4, -0.2) is 27.5 Å². The van der Waals surface area contributed by atoms with Gasteiger partial charge in [-0.1, -0.05) is 0 Å². The zero-order valence-corrected chi connectivity index (χ0v) is 13.0. The Kier molecular flexibility index (Phi) is 4.29. The van der Waals surface area contributed by atoms with Crippen molar-refractivity contribution in [3.63, 3.8) is 0 Å². The van der Waals surface area contributed by atoms with Gasteiger partial charge < -0.3 is 19.8 Å². The van der Waals surface area contributed by atoms with Crippen molar-refractivity contribution in [3.05, 3.63) is 53.4 Å². The van der Waals surface area contributed by atoms with Gasteiger partial charge in [-0.05, 0) is 30.7 Å². The first-order valence-corrected chi connectivity index (χ1v) is 7.32. The van der Waals surface area contributed by atoms with E-state index in [4.69, 9.17) is 0 Å². The van der Waals surface area contributed by atoms with E-state index < -0.39 is 41.4 Å². The third-order valence-electron chi connectivity index (χ3n) is 3.80. The number of anilines is 1. The summed E-state index contributed by atoms with van der Waals surface area (Å²) in [6, 6.07) is 3.19. The molecule has 0 saturated heterocycles. The highest BCUT2D eigenvalue weighted by atomic mass is 19.3. The summed E-state index contributed by atoms with van der Waals surface area (Å²) in [5, 5.41) is 19.7. The molecule has 0 spiro atoms. The zero-order chi connectivity index (χ0) is 18.4. The molecule has 0 bridgehead atoms. The lowest BCUT2D eigenvalue weighted by Crippen LogP contribution is -2.54. The molecule has 1 aromatic heterocycles. The first-order valence-electron chi connectivity index (χ1n) is 7.32. The summed E-state index contributed by atoms with van der Waals surface area (Å²) in [7, 11) is 0. The quantitative estimate of drug-likeness (QED) is 0.826. The molecular formula is C16H14F4N2O3. The lowest BCUT2D eigenvalue weighted by Gasteiger charge is -2.40. The molecule has 0 radical (unpaired) electrons. The summed E-state index contributed by atoms with van der Waals surface area (Å²) in [6.07, 6.45) is -5.68. The topological polar surface area (TPSA) is 65.8 Å². The number of halogens is 4. The molecule has 0 amide bonds. The highest BCUT2D eigenvalue weighted by molar-refractivity contribution is 5.65. The Labute approximate surface area is 140 Å². The molecule has 0 fully saturated rings. The molecule has 1 aromatic carbocycles. The van der Waals surface area contributed by atoms with Gasteiger partial charge in [0.25, 0.3) is 0 Å². The van der Waals surface area contributed by atoms with Crippen molar-refractivity contribution in [1.82, 2.24) is 4.98 Å². The van der Waals surface area contributed by atoms with E-state index in [1.54, 1.807) is 0 Å². The number of alkyl halides is 2. The summed E-state index contributed by atoms with van der Waals surface area (Å²) in [5.74, 6) is -2.17. The Morgan fingerprint density at radius 2 is 2.04 bits per heavy atom. The molecule has 3 rings (SSSR count). The third kappa shape index (κ3) is 3.12. The van der Waals surface area contributed by atoms with Gasteiger partial charge in [-0.15, -0.1) is 0 Å². The molecular weight excluding hydrogens is 344 g/mol. The standard InChI is InChI=1S/C16H14F4N2O3/c1-8(23)13-11(18)2-3-12-14(13)25-16(19,20)15(24)22(12)7-9-4-10(17)6-21-5-9/h2-6,8,15,23-24H,7H2,1H3/t8-,15?/m1/s1. The molecule has 1 unspecified atom stereocenters. The second-order valence-corrected chi connectivity index (χ2v) is 5.66. The van der Waals surface area contributed by atoms with E-state index in [1.807, 2.05) is 0 Å². The summed E-state index contributed by atoms with van der Waals surface area (Å²) >= 11 is 0. The van der Waals surface area contributed by atoms with Crippen LogP contribution in [0, 0.1) is 11.6 Å². The number of fused-ring (bicyclic) bond motifs is 1. The van der Waals surface area contributed by atoms with Crippen molar-refractivity contribution < 1.29 is 32.5 Å². The monoisotopic (exact) mass is 358 g/mol. The number of pyridine rings is 1. The first-order chi connectivity index (χ1) is 11.7. The normalized spacial score (nSPS) is 20.0. The van der Waals surface area contributed by atoms with Gasteiger partial charge in [0.05, 0.1) is 23.6 Å². The molecule has 0 aliphatic carbocycles. The highest BCUT2D eigenvalue weighted by Crippen LogP contribution is 2.46. The number of hydrogen-bond acceptors (Lipinski definition) is 5. The van der Waals surface area contributed by atoms with Gasteiger partial charge in [0.1, 0.15) is 11.6 Å². The van der Waals surface area contributed by atoms with Crippen LogP contribution in [0.3, 0.4) is 0 Å². The van der Waals surface area contributed by atoms with Crippen LogP contribution in [0.25, 0.3) is 0 Å². The Morgan fingerprint density at radius 1 is 1.32 bits per heavy atom. The van der Waals surface area contributed by atoms with E-state index >= 15 is 0 Å². The number of aromatic nitrogens is 1. The lowest BCUT2D eigenvalue weighted by molar-refractivity contribution is -0.246. The van der Waals surface area contributed by atoms with Crippen molar-refractivity contribution >= 4 is 5.69 Å². The lowest BCUT2D eigenvalue weighted by atomic mass is 10.0. The number of aliphatic hydroxyl groups is 2. The van der Waals surface area contributed by atoms with Crippen LogP contribution >= 0.6 is 0 Å². The molecule has 2 aromatic rings. The molecule has 9 heteroatoms. The summed E-state index contributed by atoms with van der Waals surface area (Å²) in [4.78, 5) is 4.46. The van der Waals surface area contributed by atoms with Crippen LogP contribution in [0.1, 0.15) is 24.2 Å². The largest absolute Gasteiger partial charge is 0.444 e. The fourth-order valence-corrected chi connectivity index (χ4v) is 2.70. The van der Waals surface area contributed by atoms with Crippen molar-refractivity contribution in [1.29, 1.82) is 0 Å². The van der Waals surface area contributed by atoms with Crippen LogP contribution in [0.4, 0.5) is 23.2 Å². The zero-order valence-electron chi connectivity index (χ0n) is 13.0. The van der Waals surface area contributed by atoms with Gasteiger partial charge in [0.15, 0.2) is 5.75 Å². The minimum absolute atomic E-state index is 0.0556. The Hall–Kier alpha value is -2.39. The minimum atomic E-state index is -4.06. The SMILES string of the molecule is C[C@@H](O)c1c(F)ccc2c1OC(F)(F)C(O)N2Cc1cncc(F)c1. The Balaban J connectivity index is 2.11. The summed E-state index contributed by atoms with van der Waals surface area (Å²) in [6.45, 7) is 0.870. The molecule has 0 saturated carbocycles. The van der Waals surface area contributed by atoms with Crippen LogP contribution in [-0.2, 0) is 6.54 Å². The van der Waals surface area contributed by atoms with Crippen LogP contribution in [0.5, 0.6) is 5.75 Å². The molecule has 25 heavy (non-hydrogen) atoms. The first kappa shape index (κ1) is 17.4. The van der Waals surface area contributed by atoms with Gasteiger partial charge in [0, 0.05) is 12.7 Å². The molecule has 2 atom stereocenters. The van der Waals surface area contributed by atoms with Crippen molar-refractivity contribution in [2.45, 2.75) is 31.9 Å². The smallest absolute Gasteiger partial charge is 0.426 e. The molecule has 1 aliphatic heterocycles. The predicted molar refractivity (Wildman–Crippen MR) is 79.0 cm³/mol. The van der Waals surface area contributed by atoms with E-state index in [9.17, 15) is 27.8 Å². The van der Waals surface area contributed by atoms with E-state index in [0.29, 0.717) is 0 Å². The van der Waals surface area contributed by atoms with E-state index in [-0.39, 0.29) is 17.8 Å². The summed E-state index contributed by atoms with van der Waals surface area (Å²) in [5.41, 5.74) is -0.294. The number of aliphatic hydroxyl groups excluding tert-OH is 2. The van der Waals surface area contributed by atoms with E-state index in [0.717, 1.165) is 29.3 Å². The van der Waals surface area contributed by atoms with Crippen molar-refractivity contribution in [2.75, 3.05) is 4.90 Å². The minimum Gasteiger partial charge on any atom is -0.426 e. The van der Waals surface area contributed by atoms with Crippen LogP contribution < -0.4 is 9.64 Å². The number of rotatable bonds is 3. The van der Waals surface area contributed by atoms with Gasteiger partial charge >= 0.3 is 6.11 Å². The van der Waals surface area contributed by atoms with Crippen molar-refractivity contribution in [2.24, 2.45) is 0 Å². The number of benzene rings is 1. The molecule has 1 aliphatic rings. The van der Waals surface area contributed by atoms with Crippen LogP contribution in [0.2, 0.25) is 0 Å². The highest BCUT2D eigenvalue weighted by Gasteiger charge is 2.51. The third-order valence-corrected chi connectivity index (χ3v) is 3.80. The molecule has 5 nitrogen and oxygen atoms in total. The molecule has 2 N–H and O–H groups in total. The number of hydrogen-bond donors (Lipinski definition) is 2. The predicted octanol–water partition coefficient (Wildman–Crippen LogP) is 2.72. The number of nitrogens with zero attached hydrogens (tertiary/aromatic N) is 2. The maximum atomic E-state index is 14.1. The average molecular weight is 358 g/mol. The van der Waals surface area contributed by atoms with Gasteiger partial charge in [-0.2, -0.15) is 8.78 Å². The van der Waals surface area contributed by atoms with E-state index in [1.165, 1.54) is 13.1 Å². The number of ether oxygens (including phenoxy) is 1. The second-order valence-electron chi connectivity index (χ2n) is 5.66. The Bertz CT molecular complexity index is 801. The van der Waals surface area contributed by atoms with Crippen molar-refractivity contribution in [3.8, 4) is 5.75 Å². The summed E-state index contributed by atoms with van der Waals surface area (Å²) < 4.78 is 59.9.